The summed E-state index contributed by atoms with van der Waals surface area (Å²) in [7, 11) is 0. The van der Waals surface area contributed by atoms with Gasteiger partial charge in [-0.05, 0) is 31.0 Å². The molecule has 1 heteroatoms. The fourth-order valence-corrected chi connectivity index (χ4v) is 1.83. The second-order valence-electron chi connectivity index (χ2n) is 4.11. The van der Waals surface area contributed by atoms with Gasteiger partial charge in [-0.15, -0.1) is 0 Å². The highest BCUT2D eigenvalue weighted by Crippen LogP contribution is 2.22. The Morgan fingerprint density at radius 3 is 2.47 bits per heavy atom. The highest BCUT2D eigenvalue weighted by molar-refractivity contribution is 5.77. The maximum atomic E-state index is 4.43. The highest BCUT2D eigenvalue weighted by Gasteiger charge is 2.04. The minimum atomic E-state index is 1.01. The fraction of sp³-hybridized carbons (Fsp3) is 0.188. The molecule has 17 heavy (non-hydrogen) atoms. The van der Waals surface area contributed by atoms with Crippen molar-refractivity contribution in [2.75, 3.05) is 0 Å². The zero-order valence-corrected chi connectivity index (χ0v) is 10.4. The lowest BCUT2D eigenvalue weighted by molar-refractivity contribution is 1.20. The number of aromatic nitrogens is 1. The van der Waals surface area contributed by atoms with E-state index in [1.807, 2.05) is 18.3 Å². The summed E-state index contributed by atoms with van der Waals surface area (Å²) < 4.78 is 0. The van der Waals surface area contributed by atoms with Gasteiger partial charge in [0.1, 0.15) is 0 Å². The Bertz CT molecular complexity index is 495. The fourth-order valence-electron chi connectivity index (χ4n) is 1.83. The van der Waals surface area contributed by atoms with Crippen LogP contribution in [0.2, 0.25) is 0 Å². The van der Waals surface area contributed by atoms with Crippen LogP contribution in [0.25, 0.3) is 5.57 Å². The lowest BCUT2D eigenvalue weighted by Gasteiger charge is -2.07. The van der Waals surface area contributed by atoms with Crippen LogP contribution in [0.5, 0.6) is 0 Å². The van der Waals surface area contributed by atoms with Crippen LogP contribution in [0.3, 0.4) is 0 Å². The second-order valence-corrected chi connectivity index (χ2v) is 4.11. The average Bonchev–Trinajstić information content (AvgIpc) is 2.38. The van der Waals surface area contributed by atoms with Crippen LogP contribution in [0.1, 0.15) is 30.2 Å². The van der Waals surface area contributed by atoms with E-state index in [1.54, 1.807) is 0 Å². The quantitative estimate of drug-likeness (QED) is 0.758. The Morgan fingerprint density at radius 2 is 1.88 bits per heavy atom. The lowest BCUT2D eigenvalue weighted by Crippen LogP contribution is -1.91. The number of rotatable bonds is 3. The van der Waals surface area contributed by atoms with E-state index in [2.05, 4.69) is 55.2 Å². The van der Waals surface area contributed by atoms with Gasteiger partial charge in [-0.3, -0.25) is 4.98 Å². The van der Waals surface area contributed by atoms with Gasteiger partial charge in [-0.2, -0.15) is 0 Å². The molecule has 0 aliphatic heterocycles. The van der Waals surface area contributed by atoms with E-state index < -0.39 is 0 Å². The summed E-state index contributed by atoms with van der Waals surface area (Å²) in [5.41, 5.74) is 4.77. The van der Waals surface area contributed by atoms with Gasteiger partial charge >= 0.3 is 0 Å². The molecule has 0 atom stereocenters. The molecule has 1 aromatic carbocycles. The largest absolute Gasteiger partial charge is 0.256 e. The van der Waals surface area contributed by atoms with Gasteiger partial charge < -0.3 is 0 Å². The van der Waals surface area contributed by atoms with Crippen LogP contribution in [-0.4, -0.2) is 4.98 Å². The van der Waals surface area contributed by atoms with Crippen LogP contribution in [-0.2, 0) is 0 Å². The van der Waals surface area contributed by atoms with Crippen molar-refractivity contribution in [2.45, 2.75) is 20.3 Å². The standard InChI is InChI=1S/C16H17N/c1-3-6-15(16-7-4-5-12-17-16)14-10-8-13(2)9-11-14/h4-12H,3H2,1-2H3/b15-6+. The van der Waals surface area contributed by atoms with Gasteiger partial charge in [0.05, 0.1) is 5.69 Å². The van der Waals surface area contributed by atoms with Gasteiger partial charge in [0.2, 0.25) is 0 Å². The Hall–Kier alpha value is -1.89. The van der Waals surface area contributed by atoms with Crippen molar-refractivity contribution in [1.82, 2.24) is 4.98 Å². The SMILES string of the molecule is CC/C=C(\c1ccc(C)cc1)c1ccccn1. The molecule has 0 unspecified atom stereocenters. The van der Waals surface area contributed by atoms with E-state index in [4.69, 9.17) is 0 Å². The predicted molar refractivity (Wildman–Crippen MR) is 72.8 cm³/mol. The van der Waals surface area contributed by atoms with Crippen LogP contribution >= 0.6 is 0 Å². The van der Waals surface area contributed by atoms with E-state index in [0.717, 1.165) is 12.1 Å². The molecule has 0 aliphatic carbocycles. The Balaban J connectivity index is 2.44. The zero-order chi connectivity index (χ0) is 12.1. The van der Waals surface area contributed by atoms with Crippen molar-refractivity contribution in [3.05, 3.63) is 71.6 Å². The predicted octanol–water partition coefficient (Wildman–Crippen LogP) is 4.23. The van der Waals surface area contributed by atoms with E-state index in [9.17, 15) is 0 Å². The Morgan fingerprint density at radius 1 is 1.12 bits per heavy atom. The zero-order valence-electron chi connectivity index (χ0n) is 10.4. The summed E-state index contributed by atoms with van der Waals surface area (Å²) in [4.78, 5) is 4.43. The molecule has 0 amide bonds. The molecule has 2 aromatic rings. The van der Waals surface area contributed by atoms with E-state index in [1.165, 1.54) is 16.7 Å². The molecule has 0 radical (unpaired) electrons. The summed E-state index contributed by atoms with van der Waals surface area (Å²) in [6.07, 6.45) is 5.08. The van der Waals surface area contributed by atoms with Crippen LogP contribution in [0, 0.1) is 6.92 Å². The minimum absolute atomic E-state index is 1.01. The number of nitrogens with zero attached hydrogens (tertiary/aromatic N) is 1. The number of aryl methyl sites for hydroxylation is 1. The van der Waals surface area contributed by atoms with E-state index in [-0.39, 0.29) is 0 Å². The molecular formula is C16H17N. The molecular weight excluding hydrogens is 206 g/mol. The third kappa shape index (κ3) is 2.82. The van der Waals surface area contributed by atoms with Crippen molar-refractivity contribution < 1.29 is 0 Å². The third-order valence-corrected chi connectivity index (χ3v) is 2.71. The van der Waals surface area contributed by atoms with Crippen LogP contribution < -0.4 is 0 Å². The number of pyridine rings is 1. The molecule has 0 saturated heterocycles. The van der Waals surface area contributed by atoms with Gasteiger partial charge in [-0.25, -0.2) is 0 Å². The molecule has 0 saturated carbocycles. The van der Waals surface area contributed by atoms with Crippen molar-refractivity contribution in [3.63, 3.8) is 0 Å². The summed E-state index contributed by atoms with van der Waals surface area (Å²) in [6, 6.07) is 14.6. The van der Waals surface area contributed by atoms with Crippen molar-refractivity contribution in [2.24, 2.45) is 0 Å². The topological polar surface area (TPSA) is 12.9 Å². The third-order valence-electron chi connectivity index (χ3n) is 2.71. The van der Waals surface area contributed by atoms with Crippen molar-refractivity contribution in [1.29, 1.82) is 0 Å². The van der Waals surface area contributed by atoms with Crippen LogP contribution in [0.15, 0.2) is 54.7 Å². The lowest BCUT2D eigenvalue weighted by atomic mass is 10.00. The number of hydrogen-bond donors (Lipinski definition) is 0. The average molecular weight is 223 g/mol. The number of allylic oxidation sites excluding steroid dienone is 1. The molecule has 0 fully saturated rings. The minimum Gasteiger partial charge on any atom is -0.256 e. The maximum absolute atomic E-state index is 4.43. The molecule has 2 rings (SSSR count). The van der Waals surface area contributed by atoms with Gasteiger partial charge in [-0.1, -0.05) is 48.9 Å². The second kappa shape index (κ2) is 5.44. The van der Waals surface area contributed by atoms with Gasteiger partial charge in [0.25, 0.3) is 0 Å². The van der Waals surface area contributed by atoms with Gasteiger partial charge in [0, 0.05) is 11.8 Å². The Labute approximate surface area is 103 Å². The number of hydrogen-bond acceptors (Lipinski definition) is 1. The Kier molecular flexibility index (Phi) is 3.71. The molecule has 1 heterocycles. The molecule has 86 valence electrons. The van der Waals surface area contributed by atoms with Crippen molar-refractivity contribution >= 4 is 5.57 Å². The van der Waals surface area contributed by atoms with Crippen LogP contribution in [0.4, 0.5) is 0 Å². The molecule has 0 bridgehead atoms. The van der Waals surface area contributed by atoms with E-state index in [0.29, 0.717) is 0 Å². The first-order valence-corrected chi connectivity index (χ1v) is 6.00. The van der Waals surface area contributed by atoms with Crippen molar-refractivity contribution in [3.8, 4) is 0 Å². The first kappa shape index (κ1) is 11.6. The monoisotopic (exact) mass is 223 g/mol. The first-order valence-electron chi connectivity index (χ1n) is 6.00. The molecule has 1 aromatic heterocycles. The van der Waals surface area contributed by atoms with E-state index >= 15 is 0 Å². The maximum Gasteiger partial charge on any atom is 0.0704 e. The smallest absolute Gasteiger partial charge is 0.0704 e. The summed E-state index contributed by atoms with van der Waals surface area (Å²) in [5.74, 6) is 0. The molecule has 0 spiro atoms. The summed E-state index contributed by atoms with van der Waals surface area (Å²) in [5, 5.41) is 0. The van der Waals surface area contributed by atoms with Gasteiger partial charge in [0.15, 0.2) is 0 Å². The highest BCUT2D eigenvalue weighted by atomic mass is 14.7. The molecule has 0 N–H and O–H groups in total. The number of benzene rings is 1. The summed E-state index contributed by atoms with van der Waals surface area (Å²) in [6.45, 7) is 4.25. The molecule has 1 nitrogen and oxygen atoms in total. The first-order chi connectivity index (χ1) is 8.31. The summed E-state index contributed by atoms with van der Waals surface area (Å²) >= 11 is 0. The normalized spacial score (nSPS) is 11.5. The molecule has 0 aliphatic rings.